The lowest BCUT2D eigenvalue weighted by atomic mass is 10.0. The van der Waals surface area contributed by atoms with E-state index in [1.165, 1.54) is 0 Å². The number of carboxylic acid groups (broad SMARTS) is 1. The van der Waals surface area contributed by atoms with Crippen molar-refractivity contribution in [3.05, 3.63) is 57.4 Å². The lowest BCUT2D eigenvalue weighted by Crippen LogP contribution is -2.28. The second-order valence-corrected chi connectivity index (χ2v) is 9.60. The van der Waals surface area contributed by atoms with E-state index in [0.717, 1.165) is 51.9 Å². The Balaban J connectivity index is 1.59. The van der Waals surface area contributed by atoms with Gasteiger partial charge in [0.05, 0.1) is 23.2 Å². The van der Waals surface area contributed by atoms with Crippen molar-refractivity contribution in [3.63, 3.8) is 0 Å². The maximum Gasteiger partial charge on any atom is 0.335 e. The minimum absolute atomic E-state index is 0.300. The summed E-state index contributed by atoms with van der Waals surface area (Å²) in [6.07, 6.45) is 5.97. The molecule has 0 aliphatic carbocycles. The first-order valence-electron chi connectivity index (χ1n) is 11.6. The number of allylic oxidation sites excluding steroid dienone is 1. The van der Waals surface area contributed by atoms with Crippen LogP contribution in [-0.2, 0) is 16.1 Å². The number of carbonyl (C=O) groups is 1. The van der Waals surface area contributed by atoms with Crippen LogP contribution >= 0.6 is 15.9 Å². The van der Waals surface area contributed by atoms with Gasteiger partial charge in [-0.05, 0) is 62.0 Å². The van der Waals surface area contributed by atoms with E-state index in [0.29, 0.717) is 37.0 Å². The van der Waals surface area contributed by atoms with Gasteiger partial charge in [0.1, 0.15) is 0 Å². The average Bonchev–Trinajstić information content (AvgIpc) is 3.30. The number of imidazole rings is 1. The van der Waals surface area contributed by atoms with Crippen molar-refractivity contribution < 1.29 is 14.6 Å². The SMILES string of the molecule is CC/C=C(\C=C(/C)C1=C(OCCCC(C)Cn2c(N)nc3ccc(Br)cc32)N(C)NC1)C(=O)O. The molecule has 0 radical (unpaired) electrons. The molecule has 184 valence electrons. The number of hydrogen-bond acceptors (Lipinski definition) is 6. The second kappa shape index (κ2) is 11.6. The number of aliphatic carboxylic acids is 1. The molecule has 0 amide bonds. The average molecular weight is 532 g/mol. The zero-order chi connectivity index (χ0) is 24.8. The number of halogens is 1. The van der Waals surface area contributed by atoms with Crippen molar-refractivity contribution in [2.75, 3.05) is 25.9 Å². The number of nitrogen functional groups attached to an aromatic ring is 1. The quantitative estimate of drug-likeness (QED) is 0.216. The van der Waals surface area contributed by atoms with Gasteiger partial charge in [0.2, 0.25) is 11.8 Å². The van der Waals surface area contributed by atoms with Crippen LogP contribution in [-0.4, -0.2) is 45.8 Å². The molecule has 1 atom stereocenters. The maximum absolute atomic E-state index is 11.5. The molecule has 2 heterocycles. The predicted molar refractivity (Wildman–Crippen MR) is 139 cm³/mol. The van der Waals surface area contributed by atoms with E-state index >= 15 is 0 Å². The second-order valence-electron chi connectivity index (χ2n) is 8.69. The smallest absolute Gasteiger partial charge is 0.335 e. The lowest BCUT2D eigenvalue weighted by Gasteiger charge is -2.19. The van der Waals surface area contributed by atoms with Crippen LogP contribution in [0.2, 0.25) is 0 Å². The van der Waals surface area contributed by atoms with Crippen molar-refractivity contribution in [2.45, 2.75) is 46.6 Å². The molecule has 1 aromatic heterocycles. The summed E-state index contributed by atoms with van der Waals surface area (Å²) in [6.45, 7) is 8.02. The third kappa shape index (κ3) is 6.21. The Morgan fingerprint density at radius 3 is 2.91 bits per heavy atom. The standard InChI is InChI=1S/C25H34BrN5O3/c1-5-7-18(24(32)33)12-17(3)20-14-28-30(4)23(20)34-11-6-8-16(2)15-31-22-13-19(26)9-10-21(22)29-25(31)27/h7,9-10,12-13,16,28H,5-6,8,11,14-15H2,1-4H3,(H2,27,29)(H,32,33)/b17-12+,18-7+. The van der Waals surface area contributed by atoms with E-state index < -0.39 is 5.97 Å². The fourth-order valence-electron chi connectivity index (χ4n) is 4.10. The number of rotatable bonds is 11. The van der Waals surface area contributed by atoms with Gasteiger partial charge in [0, 0.05) is 30.2 Å². The molecule has 3 rings (SSSR count). The molecule has 8 nitrogen and oxygen atoms in total. The third-order valence-electron chi connectivity index (χ3n) is 5.89. The Hall–Kier alpha value is -2.78. The van der Waals surface area contributed by atoms with Gasteiger partial charge in [0.25, 0.3) is 0 Å². The first kappa shape index (κ1) is 25.8. The van der Waals surface area contributed by atoms with Gasteiger partial charge < -0.3 is 20.1 Å². The van der Waals surface area contributed by atoms with Gasteiger partial charge in [-0.15, -0.1) is 0 Å². The van der Waals surface area contributed by atoms with E-state index in [1.807, 2.05) is 44.1 Å². The number of ether oxygens (including phenoxy) is 1. The van der Waals surface area contributed by atoms with Gasteiger partial charge in [0.15, 0.2) is 0 Å². The molecule has 9 heteroatoms. The van der Waals surface area contributed by atoms with Crippen LogP contribution in [0.3, 0.4) is 0 Å². The number of nitrogens with two attached hydrogens (primary N) is 1. The first-order chi connectivity index (χ1) is 16.2. The number of hydrogen-bond donors (Lipinski definition) is 3. The number of benzene rings is 1. The number of fused-ring (bicyclic) bond motifs is 1. The highest BCUT2D eigenvalue weighted by atomic mass is 79.9. The summed E-state index contributed by atoms with van der Waals surface area (Å²) >= 11 is 3.53. The van der Waals surface area contributed by atoms with Gasteiger partial charge in [-0.25, -0.2) is 15.2 Å². The van der Waals surface area contributed by atoms with E-state index in [-0.39, 0.29) is 0 Å². The van der Waals surface area contributed by atoms with Crippen LogP contribution in [0.15, 0.2) is 57.4 Å². The normalized spacial score (nSPS) is 16.0. The molecular weight excluding hydrogens is 498 g/mol. The van der Waals surface area contributed by atoms with Crippen molar-refractivity contribution in [1.29, 1.82) is 0 Å². The van der Waals surface area contributed by atoms with Crippen LogP contribution in [0.5, 0.6) is 0 Å². The Morgan fingerprint density at radius 1 is 1.44 bits per heavy atom. The minimum atomic E-state index is -0.920. The molecule has 0 bridgehead atoms. The maximum atomic E-state index is 11.5. The number of nitrogens with zero attached hydrogens (tertiary/aromatic N) is 3. The lowest BCUT2D eigenvalue weighted by molar-refractivity contribution is -0.132. The van der Waals surface area contributed by atoms with Gasteiger partial charge in [-0.3, -0.25) is 5.01 Å². The predicted octanol–water partition coefficient (Wildman–Crippen LogP) is 4.84. The number of nitrogens with one attached hydrogen (secondary N) is 1. The molecule has 2 aromatic rings. The molecule has 0 saturated heterocycles. The van der Waals surface area contributed by atoms with Gasteiger partial charge >= 0.3 is 5.97 Å². The Morgan fingerprint density at radius 2 is 2.21 bits per heavy atom. The Kier molecular flexibility index (Phi) is 8.79. The van der Waals surface area contributed by atoms with Crippen LogP contribution in [0.25, 0.3) is 11.0 Å². The van der Waals surface area contributed by atoms with Crippen molar-refractivity contribution in [3.8, 4) is 0 Å². The molecule has 4 N–H and O–H groups in total. The number of anilines is 1. The molecule has 0 spiro atoms. The van der Waals surface area contributed by atoms with E-state index in [2.05, 4.69) is 37.8 Å². The number of aromatic nitrogens is 2. The fourth-order valence-corrected chi connectivity index (χ4v) is 4.45. The summed E-state index contributed by atoms with van der Waals surface area (Å²) in [5, 5.41) is 11.3. The van der Waals surface area contributed by atoms with Crippen LogP contribution in [0.4, 0.5) is 5.95 Å². The first-order valence-corrected chi connectivity index (χ1v) is 12.4. The molecule has 0 saturated carbocycles. The Labute approximate surface area is 209 Å². The van der Waals surface area contributed by atoms with Gasteiger partial charge in [-0.1, -0.05) is 35.9 Å². The highest BCUT2D eigenvalue weighted by Crippen LogP contribution is 2.26. The molecule has 0 fully saturated rings. The van der Waals surface area contributed by atoms with E-state index in [1.54, 1.807) is 12.2 Å². The summed E-state index contributed by atoms with van der Waals surface area (Å²) < 4.78 is 9.21. The zero-order valence-corrected chi connectivity index (χ0v) is 21.9. The van der Waals surface area contributed by atoms with Crippen molar-refractivity contribution in [2.24, 2.45) is 5.92 Å². The largest absolute Gasteiger partial charge is 0.478 e. The summed E-state index contributed by atoms with van der Waals surface area (Å²) in [5.41, 5.74) is 13.5. The van der Waals surface area contributed by atoms with Crippen molar-refractivity contribution in [1.82, 2.24) is 20.0 Å². The van der Waals surface area contributed by atoms with Gasteiger partial charge in [-0.2, -0.15) is 0 Å². The van der Waals surface area contributed by atoms with Crippen LogP contribution < -0.4 is 11.2 Å². The minimum Gasteiger partial charge on any atom is -0.478 e. The fraction of sp³-hybridized carbons (Fsp3) is 0.440. The molecule has 1 unspecified atom stereocenters. The summed E-state index contributed by atoms with van der Waals surface area (Å²) in [4.78, 5) is 15.9. The highest BCUT2D eigenvalue weighted by Gasteiger charge is 2.22. The molecule has 34 heavy (non-hydrogen) atoms. The summed E-state index contributed by atoms with van der Waals surface area (Å²) in [5.74, 6) is 0.757. The highest BCUT2D eigenvalue weighted by molar-refractivity contribution is 9.10. The summed E-state index contributed by atoms with van der Waals surface area (Å²) in [7, 11) is 1.91. The zero-order valence-electron chi connectivity index (χ0n) is 20.3. The van der Waals surface area contributed by atoms with Crippen LogP contribution in [0.1, 0.15) is 40.0 Å². The van der Waals surface area contributed by atoms with E-state index in [4.69, 9.17) is 10.5 Å². The molecule has 1 aliphatic heterocycles. The monoisotopic (exact) mass is 531 g/mol. The molecular formula is C25H34BrN5O3. The van der Waals surface area contributed by atoms with E-state index in [9.17, 15) is 9.90 Å². The van der Waals surface area contributed by atoms with Crippen molar-refractivity contribution >= 4 is 38.9 Å². The summed E-state index contributed by atoms with van der Waals surface area (Å²) in [6, 6.07) is 5.99. The molecule has 1 aromatic carbocycles. The molecule has 1 aliphatic rings. The third-order valence-corrected chi connectivity index (χ3v) is 6.38. The topological polar surface area (TPSA) is 106 Å². The number of carboxylic acids is 1. The van der Waals surface area contributed by atoms with Crippen LogP contribution in [0, 0.1) is 5.92 Å². The number of hydrazine groups is 1. The Bertz CT molecular complexity index is 1140.